The summed E-state index contributed by atoms with van der Waals surface area (Å²) in [7, 11) is 3.97. The van der Waals surface area contributed by atoms with Crippen LogP contribution in [-0.4, -0.2) is 43.1 Å². The molecule has 2 heterocycles. The summed E-state index contributed by atoms with van der Waals surface area (Å²) in [6, 6.07) is 4.29. The van der Waals surface area contributed by atoms with E-state index >= 15 is 0 Å². The van der Waals surface area contributed by atoms with Crippen molar-refractivity contribution < 1.29 is 0 Å². The molecule has 104 valence electrons. The zero-order valence-electron chi connectivity index (χ0n) is 11.1. The van der Waals surface area contributed by atoms with Crippen molar-refractivity contribution in [2.24, 2.45) is 0 Å². The number of thiophene rings is 1. The Labute approximate surface area is 126 Å². The first kappa shape index (κ1) is 14.8. The van der Waals surface area contributed by atoms with E-state index in [0.29, 0.717) is 0 Å². The minimum absolute atomic E-state index is 0.966. The highest BCUT2D eigenvalue weighted by molar-refractivity contribution is 8.01. The van der Waals surface area contributed by atoms with Gasteiger partial charge in [-0.1, -0.05) is 29.2 Å². The summed E-state index contributed by atoms with van der Waals surface area (Å²) in [5.74, 6) is 1.03. The minimum Gasteiger partial charge on any atom is -0.353 e. The Hall–Kier alpha value is -0.630. The first-order valence-corrected chi connectivity index (χ1v) is 8.80. The fourth-order valence-corrected chi connectivity index (χ4v) is 3.88. The van der Waals surface area contributed by atoms with Crippen molar-refractivity contribution in [3.8, 4) is 0 Å². The van der Waals surface area contributed by atoms with Crippen molar-refractivity contribution in [2.75, 3.05) is 37.8 Å². The Bertz CT molecular complexity index is 467. The summed E-state index contributed by atoms with van der Waals surface area (Å²) < 4.78 is 1.05. The Balaban J connectivity index is 1.56. The van der Waals surface area contributed by atoms with Gasteiger partial charge in [0, 0.05) is 31.3 Å². The topological polar surface area (TPSA) is 41.1 Å². The van der Waals surface area contributed by atoms with Crippen molar-refractivity contribution in [3.63, 3.8) is 0 Å². The van der Waals surface area contributed by atoms with Gasteiger partial charge in [0.05, 0.1) is 0 Å². The van der Waals surface area contributed by atoms with E-state index < -0.39 is 0 Å². The van der Waals surface area contributed by atoms with Gasteiger partial charge in [0.15, 0.2) is 4.34 Å². The molecule has 0 aliphatic rings. The van der Waals surface area contributed by atoms with Gasteiger partial charge in [-0.2, -0.15) is 0 Å². The Kier molecular flexibility index (Phi) is 6.09. The minimum atomic E-state index is 0.966. The molecule has 2 rings (SSSR count). The van der Waals surface area contributed by atoms with E-state index in [1.165, 1.54) is 4.88 Å². The van der Waals surface area contributed by atoms with Crippen LogP contribution < -0.4 is 10.2 Å². The van der Waals surface area contributed by atoms with Crippen LogP contribution in [0.3, 0.4) is 0 Å². The zero-order valence-corrected chi connectivity index (χ0v) is 13.6. The van der Waals surface area contributed by atoms with E-state index in [4.69, 9.17) is 0 Å². The Morgan fingerprint density at radius 3 is 2.89 bits per heavy atom. The normalized spacial score (nSPS) is 10.8. The number of thioether (sulfide) groups is 1. The van der Waals surface area contributed by atoms with E-state index in [9.17, 15) is 0 Å². The van der Waals surface area contributed by atoms with Gasteiger partial charge in [0.2, 0.25) is 5.13 Å². The summed E-state index contributed by atoms with van der Waals surface area (Å²) in [5, 5.41) is 14.8. The third-order valence-corrected chi connectivity index (χ3v) is 5.57. The molecule has 0 radical (unpaired) electrons. The quantitative estimate of drug-likeness (QED) is 0.599. The molecule has 1 N–H and O–H groups in total. The average Bonchev–Trinajstić information content (AvgIpc) is 3.04. The Morgan fingerprint density at radius 2 is 2.21 bits per heavy atom. The highest BCUT2D eigenvalue weighted by Gasteiger charge is 2.05. The summed E-state index contributed by atoms with van der Waals surface area (Å²) >= 11 is 5.23. The van der Waals surface area contributed by atoms with Gasteiger partial charge in [-0.25, -0.2) is 0 Å². The lowest BCUT2D eigenvalue weighted by Crippen LogP contribution is -2.19. The smallest absolute Gasteiger partial charge is 0.208 e. The van der Waals surface area contributed by atoms with Gasteiger partial charge >= 0.3 is 0 Å². The molecule has 2 aromatic heterocycles. The number of hydrogen-bond acceptors (Lipinski definition) is 7. The Morgan fingerprint density at radius 1 is 1.32 bits per heavy atom. The van der Waals surface area contributed by atoms with Crippen LogP contribution in [0.4, 0.5) is 5.13 Å². The largest absolute Gasteiger partial charge is 0.353 e. The maximum atomic E-state index is 4.16. The molecule has 0 unspecified atom stereocenters. The number of nitrogens with one attached hydrogen (secondary N) is 1. The molecule has 2 aromatic rings. The second-order valence-electron chi connectivity index (χ2n) is 4.17. The number of nitrogens with zero attached hydrogens (tertiary/aromatic N) is 3. The van der Waals surface area contributed by atoms with Crippen molar-refractivity contribution in [2.45, 2.75) is 10.8 Å². The summed E-state index contributed by atoms with van der Waals surface area (Å²) in [4.78, 5) is 3.43. The van der Waals surface area contributed by atoms with Gasteiger partial charge in [0.1, 0.15) is 0 Å². The van der Waals surface area contributed by atoms with E-state index in [1.54, 1.807) is 23.1 Å². The van der Waals surface area contributed by atoms with Gasteiger partial charge < -0.3 is 10.2 Å². The van der Waals surface area contributed by atoms with Crippen LogP contribution in [0.5, 0.6) is 0 Å². The van der Waals surface area contributed by atoms with E-state index in [2.05, 4.69) is 33.0 Å². The first-order valence-electron chi connectivity index (χ1n) is 6.12. The lowest BCUT2D eigenvalue weighted by molar-refractivity contribution is 0.725. The maximum Gasteiger partial charge on any atom is 0.208 e. The fraction of sp³-hybridized carbons (Fsp3) is 0.500. The third-order valence-electron chi connectivity index (χ3n) is 2.41. The van der Waals surface area contributed by atoms with Crippen LogP contribution in [-0.2, 0) is 6.42 Å². The third kappa shape index (κ3) is 5.10. The highest BCUT2D eigenvalue weighted by Crippen LogP contribution is 2.26. The van der Waals surface area contributed by atoms with Crippen LogP contribution in [0.15, 0.2) is 21.9 Å². The van der Waals surface area contributed by atoms with Gasteiger partial charge in [-0.05, 0) is 24.4 Å². The number of aromatic nitrogens is 2. The predicted molar refractivity (Wildman–Crippen MR) is 85.9 cm³/mol. The lowest BCUT2D eigenvalue weighted by Gasteiger charge is -2.04. The lowest BCUT2D eigenvalue weighted by atomic mass is 10.3. The van der Waals surface area contributed by atoms with Gasteiger partial charge in [0.25, 0.3) is 0 Å². The molecule has 0 aliphatic carbocycles. The highest BCUT2D eigenvalue weighted by atomic mass is 32.2. The standard InChI is InChI=1S/C12H18N4S3/c1-16(2)11-14-15-12(19-11)18-9-7-13-6-5-10-4-3-8-17-10/h3-4,8,13H,5-7,9H2,1-2H3. The van der Waals surface area contributed by atoms with Crippen LogP contribution in [0, 0.1) is 0 Å². The number of rotatable bonds is 8. The molecule has 0 saturated heterocycles. The van der Waals surface area contributed by atoms with Crippen LogP contribution in [0.2, 0.25) is 0 Å². The molecule has 0 aliphatic heterocycles. The molecule has 0 fully saturated rings. The van der Waals surface area contributed by atoms with Crippen molar-refractivity contribution in [3.05, 3.63) is 22.4 Å². The summed E-state index contributed by atoms with van der Waals surface area (Å²) in [6.07, 6.45) is 1.12. The van der Waals surface area contributed by atoms with Crippen molar-refractivity contribution in [1.29, 1.82) is 0 Å². The number of anilines is 1. The predicted octanol–water partition coefficient (Wildman–Crippen LogP) is 2.59. The second-order valence-corrected chi connectivity index (χ2v) is 7.50. The number of hydrogen-bond donors (Lipinski definition) is 1. The zero-order chi connectivity index (χ0) is 13.5. The first-order chi connectivity index (χ1) is 9.25. The summed E-state index contributed by atoms with van der Waals surface area (Å²) in [6.45, 7) is 2.05. The van der Waals surface area contributed by atoms with E-state index in [1.807, 2.05) is 30.3 Å². The van der Waals surface area contributed by atoms with Crippen LogP contribution >= 0.6 is 34.4 Å². The van der Waals surface area contributed by atoms with Gasteiger partial charge in [-0.15, -0.1) is 21.5 Å². The molecule has 7 heteroatoms. The monoisotopic (exact) mass is 314 g/mol. The molecule has 0 saturated carbocycles. The molecular weight excluding hydrogens is 296 g/mol. The molecule has 19 heavy (non-hydrogen) atoms. The molecule has 0 bridgehead atoms. The molecule has 0 aromatic carbocycles. The summed E-state index contributed by atoms with van der Waals surface area (Å²) in [5.41, 5.74) is 0. The van der Waals surface area contributed by atoms with E-state index in [0.717, 1.165) is 34.7 Å². The average molecular weight is 315 g/mol. The van der Waals surface area contributed by atoms with Gasteiger partial charge in [-0.3, -0.25) is 0 Å². The molecule has 0 spiro atoms. The SMILES string of the molecule is CN(C)c1nnc(SCCNCCc2cccs2)s1. The van der Waals surface area contributed by atoms with E-state index in [-0.39, 0.29) is 0 Å². The second kappa shape index (κ2) is 7.84. The molecular formula is C12H18N4S3. The molecule has 0 amide bonds. The van der Waals surface area contributed by atoms with Crippen LogP contribution in [0.25, 0.3) is 0 Å². The molecule has 4 nitrogen and oxygen atoms in total. The molecule has 0 atom stereocenters. The van der Waals surface area contributed by atoms with Crippen molar-refractivity contribution >= 4 is 39.6 Å². The maximum absolute atomic E-state index is 4.16. The van der Waals surface area contributed by atoms with Crippen molar-refractivity contribution in [1.82, 2.24) is 15.5 Å². The fourth-order valence-electron chi connectivity index (χ4n) is 1.44. The van der Waals surface area contributed by atoms with Crippen LogP contribution in [0.1, 0.15) is 4.88 Å².